The van der Waals surface area contributed by atoms with Gasteiger partial charge in [-0.2, -0.15) is 5.26 Å². The molecule has 0 radical (unpaired) electrons. The molecule has 1 aliphatic heterocycles. The number of ether oxygens (including phenoxy) is 1. The Bertz CT molecular complexity index is 1030. The Morgan fingerprint density at radius 2 is 2.00 bits per heavy atom. The van der Waals surface area contributed by atoms with Gasteiger partial charge >= 0.3 is 5.97 Å². The quantitative estimate of drug-likeness (QED) is 0.624. The molecule has 1 aliphatic rings. The molecule has 0 spiro atoms. The first-order valence-electron chi connectivity index (χ1n) is 9.71. The van der Waals surface area contributed by atoms with Crippen molar-refractivity contribution in [1.82, 2.24) is 4.31 Å². The maximum absolute atomic E-state index is 12.4. The van der Waals surface area contributed by atoms with Crippen molar-refractivity contribution in [3.05, 3.63) is 45.1 Å². The predicted octanol–water partition coefficient (Wildman–Crippen LogP) is 3.60. The van der Waals surface area contributed by atoms with Crippen molar-refractivity contribution in [3.63, 3.8) is 0 Å². The molecule has 6 nitrogen and oxygen atoms in total. The molecule has 0 saturated carbocycles. The van der Waals surface area contributed by atoms with Crippen molar-refractivity contribution in [2.24, 2.45) is 0 Å². The topological polar surface area (TPSA) is 87.5 Å². The minimum absolute atomic E-state index is 0.234. The molecule has 0 N–H and O–H groups in total. The number of carbonyl (C=O) groups excluding carboxylic acids is 1. The first kappa shape index (κ1) is 21.5. The standard InChI is InChI=1S/C21H24N2O4S2/c1-3-18-17(14-22)19(20(28-18)21(24)27-4-2)16-8-6-15(7-9-16)10-12-23-11-5-13-29(23,25)26/h6-9H,3-5,10-13H2,1-2H3. The Balaban J connectivity index is 1.86. The molecule has 0 atom stereocenters. The van der Waals surface area contributed by atoms with E-state index in [9.17, 15) is 18.5 Å². The van der Waals surface area contributed by atoms with Crippen molar-refractivity contribution in [1.29, 1.82) is 5.26 Å². The van der Waals surface area contributed by atoms with Crippen LogP contribution in [-0.4, -0.2) is 44.1 Å². The van der Waals surface area contributed by atoms with Gasteiger partial charge in [-0.05, 0) is 37.3 Å². The van der Waals surface area contributed by atoms with Crippen LogP contribution in [0.3, 0.4) is 0 Å². The van der Waals surface area contributed by atoms with Crippen LogP contribution in [0.2, 0.25) is 0 Å². The predicted molar refractivity (Wildman–Crippen MR) is 113 cm³/mol. The number of benzene rings is 1. The molecule has 8 heteroatoms. The van der Waals surface area contributed by atoms with E-state index in [1.165, 1.54) is 11.3 Å². The summed E-state index contributed by atoms with van der Waals surface area (Å²) < 4.78 is 30.6. The van der Waals surface area contributed by atoms with Crippen LogP contribution in [0, 0.1) is 11.3 Å². The van der Waals surface area contributed by atoms with Crippen molar-refractivity contribution in [2.45, 2.75) is 33.1 Å². The van der Waals surface area contributed by atoms with Gasteiger partial charge in [-0.25, -0.2) is 17.5 Å². The summed E-state index contributed by atoms with van der Waals surface area (Å²) in [5.74, 6) is -0.177. The zero-order chi connectivity index (χ0) is 21.0. The lowest BCUT2D eigenvalue weighted by Crippen LogP contribution is -2.27. The van der Waals surface area contributed by atoms with Gasteiger partial charge in [0.25, 0.3) is 0 Å². The summed E-state index contributed by atoms with van der Waals surface area (Å²) in [7, 11) is -3.09. The van der Waals surface area contributed by atoms with Crippen LogP contribution in [0.4, 0.5) is 0 Å². The summed E-state index contributed by atoms with van der Waals surface area (Å²) >= 11 is 1.31. The third-order valence-electron chi connectivity index (χ3n) is 4.97. The number of hydrogen-bond donors (Lipinski definition) is 0. The fraction of sp³-hybridized carbons (Fsp3) is 0.429. The molecule has 2 aromatic rings. The van der Waals surface area contributed by atoms with Crippen LogP contribution in [0.25, 0.3) is 11.1 Å². The lowest BCUT2D eigenvalue weighted by atomic mass is 9.98. The Kier molecular flexibility index (Phi) is 6.73. The maximum atomic E-state index is 12.4. The van der Waals surface area contributed by atoms with E-state index in [4.69, 9.17) is 4.74 Å². The van der Waals surface area contributed by atoms with Gasteiger partial charge in [-0.3, -0.25) is 0 Å². The number of thiophene rings is 1. The summed E-state index contributed by atoms with van der Waals surface area (Å²) in [6.07, 6.45) is 1.98. The van der Waals surface area contributed by atoms with Crippen LogP contribution < -0.4 is 0 Å². The van der Waals surface area contributed by atoms with Crippen molar-refractivity contribution in [2.75, 3.05) is 25.4 Å². The highest BCUT2D eigenvalue weighted by Gasteiger charge is 2.27. The number of aryl methyl sites for hydroxylation is 1. The third-order valence-corrected chi connectivity index (χ3v) is 8.24. The highest BCUT2D eigenvalue weighted by Crippen LogP contribution is 2.37. The Morgan fingerprint density at radius 3 is 2.55 bits per heavy atom. The molecule has 0 bridgehead atoms. The average molecular weight is 433 g/mol. The van der Waals surface area contributed by atoms with E-state index in [2.05, 4.69) is 6.07 Å². The number of nitriles is 1. The molecule has 0 unspecified atom stereocenters. The Morgan fingerprint density at radius 1 is 1.28 bits per heavy atom. The molecule has 1 aromatic heterocycles. The normalized spacial score (nSPS) is 15.9. The van der Waals surface area contributed by atoms with E-state index >= 15 is 0 Å². The number of rotatable bonds is 7. The molecule has 154 valence electrons. The summed E-state index contributed by atoms with van der Waals surface area (Å²) in [5, 5.41) is 9.67. The van der Waals surface area contributed by atoms with Gasteiger partial charge in [0, 0.05) is 23.5 Å². The lowest BCUT2D eigenvalue weighted by Gasteiger charge is -2.14. The van der Waals surface area contributed by atoms with Crippen LogP contribution in [0.5, 0.6) is 0 Å². The second-order valence-electron chi connectivity index (χ2n) is 6.81. The van der Waals surface area contributed by atoms with Crippen LogP contribution in [0.15, 0.2) is 24.3 Å². The Labute approximate surface area is 175 Å². The van der Waals surface area contributed by atoms with Crippen molar-refractivity contribution >= 4 is 27.3 Å². The first-order chi connectivity index (χ1) is 13.9. The highest BCUT2D eigenvalue weighted by molar-refractivity contribution is 7.89. The summed E-state index contributed by atoms with van der Waals surface area (Å²) in [6, 6.07) is 9.88. The number of esters is 1. The second kappa shape index (κ2) is 9.08. The fourth-order valence-corrected chi connectivity index (χ4v) is 6.13. The molecule has 2 heterocycles. The molecule has 0 aliphatic carbocycles. The molecule has 0 amide bonds. The highest BCUT2D eigenvalue weighted by atomic mass is 32.2. The second-order valence-corrected chi connectivity index (χ2v) is 10.00. The van der Waals surface area contributed by atoms with Gasteiger partial charge in [0.15, 0.2) is 0 Å². The zero-order valence-corrected chi connectivity index (χ0v) is 18.2. The minimum atomic E-state index is -3.09. The summed E-state index contributed by atoms with van der Waals surface area (Å²) in [6.45, 7) is 5.05. The molecule has 29 heavy (non-hydrogen) atoms. The average Bonchev–Trinajstić information content (AvgIpc) is 3.25. The Hall–Kier alpha value is -2.21. The monoisotopic (exact) mass is 432 g/mol. The number of hydrogen-bond acceptors (Lipinski definition) is 6. The van der Waals surface area contributed by atoms with E-state index in [-0.39, 0.29) is 12.4 Å². The summed E-state index contributed by atoms with van der Waals surface area (Å²) in [4.78, 5) is 13.8. The van der Waals surface area contributed by atoms with Gasteiger partial charge < -0.3 is 4.74 Å². The van der Waals surface area contributed by atoms with E-state index in [1.54, 1.807) is 11.2 Å². The smallest absolute Gasteiger partial charge is 0.348 e. The number of nitrogens with zero attached hydrogens (tertiary/aromatic N) is 2. The largest absolute Gasteiger partial charge is 0.462 e. The third kappa shape index (κ3) is 4.53. The zero-order valence-electron chi connectivity index (χ0n) is 16.6. The van der Waals surface area contributed by atoms with Gasteiger partial charge in [0.2, 0.25) is 10.0 Å². The molecular formula is C21H24N2O4S2. The van der Waals surface area contributed by atoms with E-state index in [0.717, 1.165) is 16.0 Å². The van der Waals surface area contributed by atoms with Gasteiger partial charge in [-0.1, -0.05) is 31.2 Å². The summed E-state index contributed by atoms with van der Waals surface area (Å²) in [5.41, 5.74) is 2.95. The van der Waals surface area contributed by atoms with Gasteiger partial charge in [0.05, 0.1) is 17.9 Å². The SMILES string of the molecule is CCOC(=O)c1sc(CC)c(C#N)c1-c1ccc(CCN2CCCS2(=O)=O)cc1. The van der Waals surface area contributed by atoms with Gasteiger partial charge in [0.1, 0.15) is 10.9 Å². The van der Waals surface area contributed by atoms with Crippen molar-refractivity contribution in [3.8, 4) is 17.2 Å². The van der Waals surface area contributed by atoms with Gasteiger partial charge in [-0.15, -0.1) is 11.3 Å². The lowest BCUT2D eigenvalue weighted by molar-refractivity contribution is 0.0533. The van der Waals surface area contributed by atoms with Crippen LogP contribution >= 0.6 is 11.3 Å². The van der Waals surface area contributed by atoms with E-state index < -0.39 is 16.0 Å². The van der Waals surface area contributed by atoms with E-state index in [0.29, 0.717) is 48.4 Å². The van der Waals surface area contributed by atoms with E-state index in [1.807, 2.05) is 31.2 Å². The molecule has 1 aromatic carbocycles. The van der Waals surface area contributed by atoms with Crippen LogP contribution in [0.1, 0.15) is 45.9 Å². The maximum Gasteiger partial charge on any atom is 0.348 e. The first-order valence-corrected chi connectivity index (χ1v) is 12.1. The minimum Gasteiger partial charge on any atom is -0.462 e. The van der Waals surface area contributed by atoms with Crippen LogP contribution in [-0.2, 0) is 27.6 Å². The molecule has 1 saturated heterocycles. The van der Waals surface area contributed by atoms with Crippen molar-refractivity contribution < 1.29 is 17.9 Å². The molecule has 3 rings (SSSR count). The number of sulfonamides is 1. The molecule has 1 fully saturated rings. The number of carbonyl (C=O) groups is 1. The molecular weight excluding hydrogens is 408 g/mol. The fourth-order valence-electron chi connectivity index (χ4n) is 3.50.